The lowest BCUT2D eigenvalue weighted by Crippen LogP contribution is -2.20. The first-order chi connectivity index (χ1) is 9.95. The molecule has 0 radical (unpaired) electrons. The van der Waals surface area contributed by atoms with Crippen LogP contribution in [0.25, 0.3) is 0 Å². The number of rotatable bonds is 3. The highest BCUT2D eigenvalue weighted by Gasteiger charge is 2.28. The SMILES string of the molecule is CC(C)(C)c1ccccc1C(=O)C(C#N)c1ccccn1. The number of pyridine rings is 1. The molecule has 0 aliphatic rings. The number of aromatic nitrogens is 1. The molecular weight excluding hydrogens is 260 g/mol. The normalized spacial score (nSPS) is 12.5. The average molecular weight is 278 g/mol. The number of hydrogen-bond acceptors (Lipinski definition) is 3. The topological polar surface area (TPSA) is 53.8 Å². The fourth-order valence-corrected chi connectivity index (χ4v) is 2.31. The molecule has 1 atom stereocenters. The van der Waals surface area contributed by atoms with Crippen molar-refractivity contribution in [3.63, 3.8) is 0 Å². The molecule has 1 aromatic carbocycles. The van der Waals surface area contributed by atoms with Crippen molar-refractivity contribution in [3.8, 4) is 6.07 Å². The maximum atomic E-state index is 12.8. The van der Waals surface area contributed by atoms with Crippen LogP contribution in [0.15, 0.2) is 48.7 Å². The van der Waals surface area contributed by atoms with Gasteiger partial charge in [0, 0.05) is 11.8 Å². The summed E-state index contributed by atoms with van der Waals surface area (Å²) in [5.74, 6) is -1.06. The van der Waals surface area contributed by atoms with E-state index in [0.29, 0.717) is 11.3 Å². The molecule has 1 heterocycles. The highest BCUT2D eigenvalue weighted by atomic mass is 16.1. The molecule has 1 unspecified atom stereocenters. The number of carbonyl (C=O) groups is 1. The van der Waals surface area contributed by atoms with Crippen LogP contribution in [0.4, 0.5) is 0 Å². The molecule has 0 aliphatic carbocycles. The summed E-state index contributed by atoms with van der Waals surface area (Å²) in [7, 11) is 0. The van der Waals surface area contributed by atoms with E-state index in [2.05, 4.69) is 31.8 Å². The zero-order valence-corrected chi connectivity index (χ0v) is 12.5. The van der Waals surface area contributed by atoms with Crippen LogP contribution in [0.1, 0.15) is 48.3 Å². The van der Waals surface area contributed by atoms with Crippen LogP contribution in [0.3, 0.4) is 0 Å². The van der Waals surface area contributed by atoms with Crippen molar-refractivity contribution in [1.29, 1.82) is 5.26 Å². The van der Waals surface area contributed by atoms with Gasteiger partial charge in [-0.1, -0.05) is 51.1 Å². The number of benzene rings is 1. The fraction of sp³-hybridized carbons (Fsp3) is 0.278. The second kappa shape index (κ2) is 5.88. The van der Waals surface area contributed by atoms with Crippen molar-refractivity contribution in [2.45, 2.75) is 32.1 Å². The Bertz CT molecular complexity index is 678. The highest BCUT2D eigenvalue weighted by molar-refractivity contribution is 6.03. The minimum absolute atomic E-state index is 0.156. The number of nitriles is 1. The van der Waals surface area contributed by atoms with E-state index >= 15 is 0 Å². The van der Waals surface area contributed by atoms with Gasteiger partial charge < -0.3 is 0 Å². The Kier molecular flexibility index (Phi) is 4.18. The predicted molar refractivity (Wildman–Crippen MR) is 82.1 cm³/mol. The van der Waals surface area contributed by atoms with E-state index in [1.54, 1.807) is 30.5 Å². The van der Waals surface area contributed by atoms with Crippen LogP contribution in [0.2, 0.25) is 0 Å². The minimum atomic E-state index is -0.866. The second-order valence-corrected chi connectivity index (χ2v) is 5.98. The van der Waals surface area contributed by atoms with Crippen LogP contribution in [-0.2, 0) is 5.41 Å². The van der Waals surface area contributed by atoms with Gasteiger partial charge in [-0.15, -0.1) is 0 Å². The van der Waals surface area contributed by atoms with Crippen molar-refractivity contribution in [1.82, 2.24) is 4.98 Å². The summed E-state index contributed by atoms with van der Waals surface area (Å²) in [5, 5.41) is 9.39. The Morgan fingerprint density at radius 2 is 1.81 bits per heavy atom. The summed E-state index contributed by atoms with van der Waals surface area (Å²) >= 11 is 0. The molecule has 21 heavy (non-hydrogen) atoms. The van der Waals surface area contributed by atoms with Crippen LogP contribution >= 0.6 is 0 Å². The van der Waals surface area contributed by atoms with Crippen molar-refractivity contribution in [2.24, 2.45) is 0 Å². The van der Waals surface area contributed by atoms with E-state index in [1.165, 1.54) is 0 Å². The smallest absolute Gasteiger partial charge is 0.186 e. The molecule has 0 fully saturated rings. The maximum absolute atomic E-state index is 12.8. The molecule has 106 valence electrons. The van der Waals surface area contributed by atoms with E-state index in [9.17, 15) is 10.1 Å². The molecule has 0 aliphatic heterocycles. The maximum Gasteiger partial charge on any atom is 0.186 e. The standard InChI is InChI=1S/C18H18N2O/c1-18(2,3)15-9-5-4-8-13(15)17(21)14(12-19)16-10-6-7-11-20-16/h4-11,14H,1-3H3. The fourth-order valence-electron chi connectivity index (χ4n) is 2.31. The van der Waals surface area contributed by atoms with E-state index in [1.807, 2.05) is 18.2 Å². The van der Waals surface area contributed by atoms with Gasteiger partial charge in [-0.05, 0) is 23.1 Å². The van der Waals surface area contributed by atoms with Gasteiger partial charge in [0.2, 0.25) is 0 Å². The quantitative estimate of drug-likeness (QED) is 0.801. The Hall–Kier alpha value is -2.47. The van der Waals surface area contributed by atoms with Gasteiger partial charge in [0.25, 0.3) is 0 Å². The lowest BCUT2D eigenvalue weighted by atomic mass is 9.80. The zero-order valence-electron chi connectivity index (χ0n) is 12.5. The first-order valence-electron chi connectivity index (χ1n) is 6.89. The summed E-state index contributed by atoms with van der Waals surface area (Å²) in [4.78, 5) is 16.9. The lowest BCUT2D eigenvalue weighted by molar-refractivity contribution is 0.0975. The summed E-state index contributed by atoms with van der Waals surface area (Å²) in [5.41, 5.74) is 1.89. The monoisotopic (exact) mass is 278 g/mol. The van der Waals surface area contributed by atoms with Crippen LogP contribution < -0.4 is 0 Å². The molecule has 0 N–H and O–H groups in total. The summed E-state index contributed by atoms with van der Waals surface area (Å²) in [6, 6.07) is 14.8. The molecule has 0 bridgehead atoms. The lowest BCUT2D eigenvalue weighted by Gasteiger charge is -2.23. The van der Waals surface area contributed by atoms with E-state index < -0.39 is 5.92 Å². The van der Waals surface area contributed by atoms with Crippen LogP contribution in [0, 0.1) is 11.3 Å². The second-order valence-electron chi connectivity index (χ2n) is 5.98. The molecule has 2 aromatic rings. The van der Waals surface area contributed by atoms with Crippen LogP contribution in [-0.4, -0.2) is 10.8 Å². The zero-order chi connectivity index (χ0) is 15.5. The molecule has 3 nitrogen and oxygen atoms in total. The Labute approximate surface area is 125 Å². The molecule has 3 heteroatoms. The van der Waals surface area contributed by atoms with Gasteiger partial charge in [-0.2, -0.15) is 5.26 Å². The molecule has 0 saturated carbocycles. The van der Waals surface area contributed by atoms with Crippen molar-refractivity contribution in [2.75, 3.05) is 0 Å². The van der Waals surface area contributed by atoms with Gasteiger partial charge >= 0.3 is 0 Å². The van der Waals surface area contributed by atoms with Crippen molar-refractivity contribution < 1.29 is 4.79 Å². The number of hydrogen-bond donors (Lipinski definition) is 0. The first-order valence-corrected chi connectivity index (χ1v) is 6.89. The summed E-state index contributed by atoms with van der Waals surface area (Å²) in [6.07, 6.45) is 1.60. The van der Waals surface area contributed by atoms with Gasteiger partial charge in [0.15, 0.2) is 11.7 Å². The third-order valence-corrected chi connectivity index (χ3v) is 3.38. The Morgan fingerprint density at radius 3 is 2.38 bits per heavy atom. The predicted octanol–water partition coefficient (Wildman–Crippen LogP) is 3.87. The third kappa shape index (κ3) is 3.17. The number of Topliss-reactive ketones (excluding diaryl/α,β-unsaturated/α-hetero) is 1. The Morgan fingerprint density at radius 1 is 1.14 bits per heavy atom. The van der Waals surface area contributed by atoms with E-state index in [-0.39, 0.29) is 11.2 Å². The van der Waals surface area contributed by atoms with Crippen molar-refractivity contribution >= 4 is 5.78 Å². The molecular formula is C18H18N2O. The van der Waals surface area contributed by atoms with Gasteiger partial charge in [0.05, 0.1) is 11.8 Å². The minimum Gasteiger partial charge on any atom is -0.292 e. The van der Waals surface area contributed by atoms with Crippen LogP contribution in [0.5, 0.6) is 0 Å². The van der Waals surface area contributed by atoms with E-state index in [4.69, 9.17) is 0 Å². The largest absolute Gasteiger partial charge is 0.292 e. The molecule has 1 aromatic heterocycles. The molecule has 2 rings (SSSR count). The molecule has 0 saturated heterocycles. The van der Waals surface area contributed by atoms with Gasteiger partial charge in [0.1, 0.15) is 0 Å². The average Bonchev–Trinajstić information content (AvgIpc) is 2.48. The first kappa shape index (κ1) is 14.9. The number of nitrogens with zero attached hydrogens (tertiary/aromatic N) is 2. The van der Waals surface area contributed by atoms with Gasteiger partial charge in [-0.3, -0.25) is 9.78 Å². The number of ketones is 1. The van der Waals surface area contributed by atoms with Crippen molar-refractivity contribution in [3.05, 3.63) is 65.5 Å². The van der Waals surface area contributed by atoms with E-state index in [0.717, 1.165) is 5.56 Å². The van der Waals surface area contributed by atoms with Gasteiger partial charge in [-0.25, -0.2) is 0 Å². The summed E-state index contributed by atoms with van der Waals surface area (Å²) < 4.78 is 0. The third-order valence-electron chi connectivity index (χ3n) is 3.38. The summed E-state index contributed by atoms with van der Waals surface area (Å²) in [6.45, 7) is 6.17. The Balaban J connectivity index is 2.48. The highest BCUT2D eigenvalue weighted by Crippen LogP contribution is 2.29. The number of carbonyl (C=O) groups excluding carboxylic acids is 1. The molecule has 0 spiro atoms. The molecule has 0 amide bonds.